The molecule has 0 atom stereocenters. The second kappa shape index (κ2) is 5.15. The van der Waals surface area contributed by atoms with Crippen molar-refractivity contribution >= 4 is 17.5 Å². The summed E-state index contributed by atoms with van der Waals surface area (Å²) in [5.41, 5.74) is 0.906. The fourth-order valence-electron chi connectivity index (χ4n) is 1.18. The number of unbranched alkanes of at least 4 members (excludes halogenated alkanes) is 1. The first kappa shape index (κ1) is 11.2. The normalized spacial score (nSPS) is 10.3. The molecule has 0 N–H and O–H groups in total. The van der Waals surface area contributed by atoms with Gasteiger partial charge >= 0.3 is 0 Å². The first-order chi connectivity index (χ1) is 6.63. The van der Waals surface area contributed by atoms with E-state index in [9.17, 15) is 0 Å². The number of rotatable bonds is 4. The maximum atomic E-state index is 5.85. The van der Waals surface area contributed by atoms with Gasteiger partial charge in [0.1, 0.15) is 5.15 Å². The molecule has 14 heavy (non-hydrogen) atoms. The van der Waals surface area contributed by atoms with Gasteiger partial charge in [-0.05, 0) is 19.4 Å². The molecule has 0 fully saturated rings. The summed E-state index contributed by atoms with van der Waals surface area (Å²) in [7, 11) is 1.99. The number of aromatic nitrogens is 2. The summed E-state index contributed by atoms with van der Waals surface area (Å²) in [4.78, 5) is 10.5. The lowest BCUT2D eigenvalue weighted by Crippen LogP contribution is -2.21. The number of aryl methyl sites for hydroxylation is 1. The van der Waals surface area contributed by atoms with E-state index in [1.165, 1.54) is 6.42 Å². The monoisotopic (exact) mass is 213 g/mol. The van der Waals surface area contributed by atoms with Crippen molar-refractivity contribution in [3.63, 3.8) is 0 Å². The molecule has 1 rings (SSSR count). The van der Waals surface area contributed by atoms with Crippen LogP contribution in [-0.4, -0.2) is 23.6 Å². The summed E-state index contributed by atoms with van der Waals surface area (Å²) in [6.07, 6.45) is 2.31. The Morgan fingerprint density at radius 1 is 1.43 bits per heavy atom. The van der Waals surface area contributed by atoms with Crippen LogP contribution < -0.4 is 4.90 Å². The first-order valence-electron chi connectivity index (χ1n) is 4.85. The van der Waals surface area contributed by atoms with Crippen LogP contribution >= 0.6 is 11.6 Å². The summed E-state index contributed by atoms with van der Waals surface area (Å²) in [6, 6.07) is 1.76. The van der Waals surface area contributed by atoms with Crippen LogP contribution in [0.25, 0.3) is 0 Å². The van der Waals surface area contributed by atoms with Crippen molar-refractivity contribution in [1.82, 2.24) is 9.97 Å². The highest BCUT2D eigenvalue weighted by Crippen LogP contribution is 2.12. The van der Waals surface area contributed by atoms with E-state index in [1.54, 1.807) is 6.07 Å². The third kappa shape index (κ3) is 3.14. The minimum atomic E-state index is 0.510. The Bertz CT molecular complexity index is 281. The number of halogens is 1. The van der Waals surface area contributed by atoms with Crippen molar-refractivity contribution in [2.24, 2.45) is 0 Å². The Labute approximate surface area is 90.1 Å². The van der Waals surface area contributed by atoms with E-state index < -0.39 is 0 Å². The predicted molar refractivity (Wildman–Crippen MR) is 60.0 cm³/mol. The lowest BCUT2D eigenvalue weighted by molar-refractivity contribution is 0.748. The number of anilines is 1. The molecule has 4 heteroatoms. The van der Waals surface area contributed by atoms with Gasteiger partial charge in [0.05, 0.1) is 0 Å². The maximum absolute atomic E-state index is 5.85. The Hall–Kier alpha value is -0.830. The molecule has 0 spiro atoms. The molecule has 0 radical (unpaired) electrons. The minimum Gasteiger partial charge on any atom is -0.344 e. The molecule has 0 unspecified atom stereocenters. The predicted octanol–water partition coefficient (Wildman–Crippen LogP) is 2.67. The zero-order valence-electron chi connectivity index (χ0n) is 8.92. The minimum absolute atomic E-state index is 0.510. The largest absolute Gasteiger partial charge is 0.344 e. The fraction of sp³-hybridized carbons (Fsp3) is 0.600. The molecule has 1 heterocycles. The molecule has 0 amide bonds. The molecule has 3 nitrogen and oxygen atoms in total. The quantitative estimate of drug-likeness (QED) is 0.721. The molecule has 0 aromatic carbocycles. The highest BCUT2D eigenvalue weighted by molar-refractivity contribution is 6.29. The SMILES string of the molecule is CCCCN(C)c1nc(C)cc(Cl)n1. The van der Waals surface area contributed by atoms with E-state index in [2.05, 4.69) is 16.9 Å². The number of hydrogen-bond donors (Lipinski definition) is 0. The number of nitrogens with zero attached hydrogens (tertiary/aromatic N) is 3. The highest BCUT2D eigenvalue weighted by atomic mass is 35.5. The Balaban J connectivity index is 2.73. The van der Waals surface area contributed by atoms with Crippen molar-refractivity contribution < 1.29 is 0 Å². The molecule has 1 aromatic rings. The summed E-state index contributed by atoms with van der Waals surface area (Å²) >= 11 is 5.85. The molecule has 0 saturated carbocycles. The topological polar surface area (TPSA) is 29.0 Å². The van der Waals surface area contributed by atoms with E-state index in [0.717, 1.165) is 18.7 Å². The van der Waals surface area contributed by atoms with Crippen molar-refractivity contribution in [2.75, 3.05) is 18.5 Å². The van der Waals surface area contributed by atoms with Crippen LogP contribution in [0.4, 0.5) is 5.95 Å². The summed E-state index contributed by atoms with van der Waals surface area (Å²) < 4.78 is 0. The third-order valence-corrected chi connectivity index (χ3v) is 2.19. The van der Waals surface area contributed by atoms with Gasteiger partial charge in [0.25, 0.3) is 0 Å². The van der Waals surface area contributed by atoms with Crippen LogP contribution in [0.1, 0.15) is 25.5 Å². The van der Waals surface area contributed by atoms with Gasteiger partial charge in [-0.25, -0.2) is 9.97 Å². The van der Waals surface area contributed by atoms with Gasteiger partial charge in [0.15, 0.2) is 0 Å². The molecule has 78 valence electrons. The fourth-order valence-corrected chi connectivity index (χ4v) is 1.41. The molecular formula is C10H16ClN3. The molecule has 0 saturated heterocycles. The average molecular weight is 214 g/mol. The zero-order chi connectivity index (χ0) is 10.6. The van der Waals surface area contributed by atoms with Gasteiger partial charge < -0.3 is 4.90 Å². The molecule has 0 bridgehead atoms. The molecule has 0 aliphatic rings. The van der Waals surface area contributed by atoms with E-state index in [-0.39, 0.29) is 0 Å². The van der Waals surface area contributed by atoms with Crippen LogP contribution in [0.5, 0.6) is 0 Å². The van der Waals surface area contributed by atoms with Crippen LogP contribution in [0.15, 0.2) is 6.07 Å². The van der Waals surface area contributed by atoms with Gasteiger partial charge in [0.2, 0.25) is 5.95 Å². The highest BCUT2D eigenvalue weighted by Gasteiger charge is 2.05. The number of hydrogen-bond acceptors (Lipinski definition) is 3. The van der Waals surface area contributed by atoms with Crippen LogP contribution in [-0.2, 0) is 0 Å². The van der Waals surface area contributed by atoms with Crippen molar-refractivity contribution in [1.29, 1.82) is 0 Å². The summed E-state index contributed by atoms with van der Waals surface area (Å²) in [5.74, 6) is 0.712. The first-order valence-corrected chi connectivity index (χ1v) is 5.23. The van der Waals surface area contributed by atoms with Crippen molar-refractivity contribution in [3.05, 3.63) is 16.9 Å². The molecule has 0 aliphatic carbocycles. The van der Waals surface area contributed by atoms with Gasteiger partial charge in [-0.1, -0.05) is 24.9 Å². The van der Waals surface area contributed by atoms with Crippen molar-refractivity contribution in [3.8, 4) is 0 Å². The molecular weight excluding hydrogens is 198 g/mol. The third-order valence-electron chi connectivity index (χ3n) is 2.00. The standard InChI is InChI=1S/C10H16ClN3/c1-4-5-6-14(3)10-12-8(2)7-9(11)13-10/h7H,4-6H2,1-3H3. The van der Waals surface area contributed by atoms with Gasteiger partial charge in [-0.2, -0.15) is 0 Å². The second-order valence-electron chi connectivity index (χ2n) is 3.41. The Morgan fingerprint density at radius 2 is 2.14 bits per heavy atom. The van der Waals surface area contributed by atoms with E-state index in [1.807, 2.05) is 18.9 Å². The lowest BCUT2D eigenvalue weighted by atomic mass is 10.3. The second-order valence-corrected chi connectivity index (χ2v) is 3.79. The van der Waals surface area contributed by atoms with E-state index in [4.69, 9.17) is 11.6 Å². The van der Waals surface area contributed by atoms with Crippen LogP contribution in [0, 0.1) is 6.92 Å². The summed E-state index contributed by atoms with van der Waals surface area (Å²) in [5, 5.41) is 0.510. The van der Waals surface area contributed by atoms with Gasteiger partial charge in [0, 0.05) is 19.3 Å². The van der Waals surface area contributed by atoms with Crippen LogP contribution in [0.3, 0.4) is 0 Å². The van der Waals surface area contributed by atoms with E-state index >= 15 is 0 Å². The molecule has 1 aromatic heterocycles. The van der Waals surface area contributed by atoms with Gasteiger partial charge in [-0.3, -0.25) is 0 Å². The molecule has 0 aliphatic heterocycles. The Kier molecular flexibility index (Phi) is 4.14. The Morgan fingerprint density at radius 3 is 2.71 bits per heavy atom. The summed E-state index contributed by atoms with van der Waals surface area (Å²) in [6.45, 7) is 5.05. The van der Waals surface area contributed by atoms with Gasteiger partial charge in [-0.15, -0.1) is 0 Å². The average Bonchev–Trinajstić information content (AvgIpc) is 2.12. The maximum Gasteiger partial charge on any atom is 0.226 e. The zero-order valence-corrected chi connectivity index (χ0v) is 9.67. The smallest absolute Gasteiger partial charge is 0.226 e. The van der Waals surface area contributed by atoms with Crippen LogP contribution in [0.2, 0.25) is 5.15 Å². The van der Waals surface area contributed by atoms with E-state index in [0.29, 0.717) is 11.1 Å². The lowest BCUT2D eigenvalue weighted by Gasteiger charge is -2.16. The van der Waals surface area contributed by atoms with Crippen molar-refractivity contribution in [2.45, 2.75) is 26.7 Å².